The summed E-state index contributed by atoms with van der Waals surface area (Å²) in [5, 5.41) is 2.54. The van der Waals surface area contributed by atoms with Crippen molar-refractivity contribution in [1.29, 1.82) is 0 Å². The first-order valence-electron chi connectivity index (χ1n) is 5.59. The number of amides is 1. The minimum absolute atomic E-state index is 0.171. The van der Waals surface area contributed by atoms with Gasteiger partial charge in [-0.3, -0.25) is 4.79 Å². The van der Waals surface area contributed by atoms with E-state index in [9.17, 15) is 9.59 Å². The molecular weight excluding hydrogens is 462 g/mol. The number of ketones is 1. The molecule has 18 heavy (non-hydrogen) atoms. The molecule has 0 saturated carbocycles. The summed E-state index contributed by atoms with van der Waals surface area (Å²) in [5.41, 5.74) is 5.21. The predicted molar refractivity (Wildman–Crippen MR) is 88.5 cm³/mol. The van der Waals surface area contributed by atoms with Crippen LogP contribution in [0.3, 0.4) is 0 Å². The standard InChI is InChI=1S/C11H20I2N2O3/c1-7(4-12)5-18-10(17)15-9(8(2)16)11(3,14)6-13/h7,9H,4-6,14H2,1-3H3,(H,15,17)/t7?,9-,11?/m1/s1. The van der Waals surface area contributed by atoms with Crippen LogP contribution in [0.15, 0.2) is 0 Å². The Kier molecular flexibility index (Phi) is 8.69. The van der Waals surface area contributed by atoms with Crippen LogP contribution in [0.4, 0.5) is 4.79 Å². The van der Waals surface area contributed by atoms with Gasteiger partial charge < -0.3 is 15.8 Å². The highest BCUT2D eigenvalue weighted by molar-refractivity contribution is 14.1. The van der Waals surface area contributed by atoms with Crippen molar-refractivity contribution in [2.45, 2.75) is 32.4 Å². The van der Waals surface area contributed by atoms with Gasteiger partial charge in [0.05, 0.1) is 6.61 Å². The number of halogens is 2. The van der Waals surface area contributed by atoms with E-state index >= 15 is 0 Å². The van der Waals surface area contributed by atoms with Crippen LogP contribution in [0.25, 0.3) is 0 Å². The Morgan fingerprint density at radius 3 is 2.39 bits per heavy atom. The molecule has 0 aliphatic carbocycles. The first-order chi connectivity index (χ1) is 8.24. The molecule has 2 unspecified atom stereocenters. The van der Waals surface area contributed by atoms with Crippen molar-refractivity contribution >= 4 is 57.1 Å². The zero-order valence-corrected chi connectivity index (χ0v) is 15.1. The number of carbonyl (C=O) groups is 2. The van der Waals surface area contributed by atoms with Crippen molar-refractivity contribution in [3.05, 3.63) is 0 Å². The van der Waals surface area contributed by atoms with Gasteiger partial charge in [0, 0.05) is 14.4 Å². The van der Waals surface area contributed by atoms with Gasteiger partial charge in [0.25, 0.3) is 0 Å². The number of nitrogens with one attached hydrogen (secondary N) is 1. The minimum Gasteiger partial charge on any atom is -0.449 e. The molecule has 7 heteroatoms. The summed E-state index contributed by atoms with van der Waals surface area (Å²) in [7, 11) is 0. The molecule has 0 bridgehead atoms. The Hall–Kier alpha value is 0.360. The summed E-state index contributed by atoms with van der Waals surface area (Å²) >= 11 is 4.32. The van der Waals surface area contributed by atoms with Gasteiger partial charge >= 0.3 is 6.09 Å². The van der Waals surface area contributed by atoms with Crippen LogP contribution >= 0.6 is 45.2 Å². The van der Waals surface area contributed by atoms with Crippen molar-refractivity contribution in [3.63, 3.8) is 0 Å². The zero-order chi connectivity index (χ0) is 14.3. The van der Waals surface area contributed by atoms with E-state index in [0.717, 1.165) is 4.43 Å². The maximum atomic E-state index is 11.6. The Labute approximate surface area is 135 Å². The molecule has 0 aromatic rings. The number of rotatable bonds is 7. The van der Waals surface area contributed by atoms with Crippen molar-refractivity contribution < 1.29 is 14.3 Å². The summed E-state index contributed by atoms with van der Waals surface area (Å²) in [6, 6.07) is -0.725. The zero-order valence-electron chi connectivity index (χ0n) is 10.8. The molecule has 3 atom stereocenters. The second-order valence-corrected chi connectivity index (χ2v) is 6.33. The summed E-state index contributed by atoms with van der Waals surface area (Å²) in [4.78, 5) is 23.1. The molecule has 0 radical (unpaired) electrons. The van der Waals surface area contributed by atoms with Crippen LogP contribution in [-0.4, -0.2) is 38.9 Å². The lowest BCUT2D eigenvalue weighted by Crippen LogP contribution is -2.61. The Balaban J connectivity index is 4.43. The molecule has 0 aromatic carbocycles. The van der Waals surface area contributed by atoms with Gasteiger partial charge in [-0.15, -0.1) is 0 Å². The van der Waals surface area contributed by atoms with E-state index in [1.807, 2.05) is 6.92 Å². The lowest BCUT2D eigenvalue weighted by atomic mass is 9.93. The van der Waals surface area contributed by atoms with Gasteiger partial charge in [-0.2, -0.15) is 0 Å². The van der Waals surface area contributed by atoms with E-state index in [1.165, 1.54) is 6.92 Å². The first-order valence-corrected chi connectivity index (χ1v) is 8.64. The quantitative estimate of drug-likeness (QED) is 0.430. The minimum atomic E-state index is -0.777. The van der Waals surface area contributed by atoms with Gasteiger partial charge in [-0.25, -0.2) is 4.79 Å². The lowest BCUT2D eigenvalue weighted by Gasteiger charge is -2.31. The molecule has 0 heterocycles. The van der Waals surface area contributed by atoms with Crippen LogP contribution in [0.5, 0.6) is 0 Å². The fraction of sp³-hybridized carbons (Fsp3) is 0.818. The number of alkyl halides is 2. The van der Waals surface area contributed by atoms with E-state index < -0.39 is 17.7 Å². The van der Waals surface area contributed by atoms with Crippen molar-refractivity contribution in [2.24, 2.45) is 11.7 Å². The van der Waals surface area contributed by atoms with E-state index in [-0.39, 0.29) is 5.78 Å². The molecule has 3 N–H and O–H groups in total. The number of ether oxygens (including phenoxy) is 1. The number of Topliss-reactive ketones (excluding diaryl/α,β-unsaturated/α-hetero) is 1. The number of hydrogen-bond donors (Lipinski definition) is 2. The van der Waals surface area contributed by atoms with Crippen molar-refractivity contribution in [2.75, 3.05) is 15.5 Å². The third kappa shape index (κ3) is 6.50. The summed E-state index contributed by atoms with van der Waals surface area (Å²) < 4.78 is 6.51. The van der Waals surface area contributed by atoms with E-state index in [2.05, 4.69) is 50.5 Å². The van der Waals surface area contributed by atoms with E-state index in [1.54, 1.807) is 6.92 Å². The number of alkyl carbamates (subject to hydrolysis) is 1. The second-order valence-electron chi connectivity index (χ2n) is 4.69. The monoisotopic (exact) mass is 482 g/mol. The third-order valence-electron chi connectivity index (χ3n) is 2.38. The van der Waals surface area contributed by atoms with Crippen molar-refractivity contribution in [3.8, 4) is 0 Å². The average Bonchev–Trinajstić information content (AvgIpc) is 2.32. The number of carbonyl (C=O) groups excluding carboxylic acids is 2. The third-order valence-corrected chi connectivity index (χ3v) is 5.53. The summed E-state index contributed by atoms with van der Waals surface area (Å²) in [6.45, 7) is 5.47. The predicted octanol–water partition coefficient (Wildman–Crippen LogP) is 1.89. The van der Waals surface area contributed by atoms with Gasteiger partial charge in [-0.05, 0) is 19.8 Å². The molecule has 0 fully saturated rings. The highest BCUT2D eigenvalue weighted by Crippen LogP contribution is 2.12. The maximum Gasteiger partial charge on any atom is 0.407 e. The normalized spacial score (nSPS) is 17.4. The molecular formula is C11H20I2N2O3. The SMILES string of the molecule is CC(=O)[C@@H](NC(=O)OCC(C)CI)C(C)(N)CI. The molecule has 106 valence electrons. The van der Waals surface area contributed by atoms with Crippen LogP contribution in [-0.2, 0) is 9.53 Å². The molecule has 0 rings (SSSR count). The van der Waals surface area contributed by atoms with Gasteiger partial charge in [0.2, 0.25) is 0 Å². The highest BCUT2D eigenvalue weighted by atomic mass is 127. The van der Waals surface area contributed by atoms with Crippen LogP contribution in [0.2, 0.25) is 0 Å². The molecule has 0 spiro atoms. The maximum absolute atomic E-state index is 11.6. The number of hydrogen-bond acceptors (Lipinski definition) is 4. The molecule has 0 aromatic heterocycles. The van der Waals surface area contributed by atoms with Gasteiger partial charge in [0.15, 0.2) is 5.78 Å². The Bertz CT molecular complexity index is 298. The molecule has 0 aliphatic heterocycles. The lowest BCUT2D eigenvalue weighted by molar-refractivity contribution is -0.120. The van der Waals surface area contributed by atoms with Gasteiger partial charge in [0.1, 0.15) is 6.04 Å². The molecule has 0 aliphatic rings. The largest absolute Gasteiger partial charge is 0.449 e. The smallest absolute Gasteiger partial charge is 0.407 e. The van der Waals surface area contributed by atoms with Crippen molar-refractivity contribution in [1.82, 2.24) is 5.32 Å². The van der Waals surface area contributed by atoms with Crippen LogP contribution in [0, 0.1) is 5.92 Å². The Morgan fingerprint density at radius 2 is 2.00 bits per heavy atom. The van der Waals surface area contributed by atoms with Crippen LogP contribution in [0.1, 0.15) is 20.8 Å². The Morgan fingerprint density at radius 1 is 1.44 bits per heavy atom. The fourth-order valence-electron chi connectivity index (χ4n) is 1.23. The molecule has 0 saturated heterocycles. The highest BCUT2D eigenvalue weighted by Gasteiger charge is 2.34. The molecule has 5 nitrogen and oxygen atoms in total. The topological polar surface area (TPSA) is 81.4 Å². The van der Waals surface area contributed by atoms with Crippen LogP contribution < -0.4 is 11.1 Å². The molecule has 1 amide bonds. The summed E-state index contributed by atoms with van der Waals surface area (Å²) in [6.07, 6.45) is -0.589. The average molecular weight is 482 g/mol. The van der Waals surface area contributed by atoms with E-state index in [4.69, 9.17) is 10.5 Å². The second kappa shape index (κ2) is 8.51. The fourth-order valence-corrected chi connectivity index (χ4v) is 1.92. The first kappa shape index (κ1) is 18.4. The van der Waals surface area contributed by atoms with E-state index in [0.29, 0.717) is 17.0 Å². The number of nitrogens with two attached hydrogens (primary N) is 1. The summed E-state index contributed by atoms with van der Waals surface area (Å²) in [5.74, 6) is 0.122. The van der Waals surface area contributed by atoms with Gasteiger partial charge in [-0.1, -0.05) is 52.1 Å².